The Morgan fingerprint density at radius 1 is 0.744 bits per heavy atom. The average Bonchev–Trinajstić information content (AvgIpc) is 3.26. The van der Waals surface area contributed by atoms with Crippen LogP contribution in [0.5, 0.6) is 0 Å². The molecule has 43 heavy (non-hydrogen) atoms. The summed E-state index contributed by atoms with van der Waals surface area (Å²) in [6.45, 7) is 3.89. The van der Waals surface area contributed by atoms with Gasteiger partial charge in [-0.1, -0.05) is 122 Å². The number of rotatable bonds is 26. The number of esters is 2. The van der Waals surface area contributed by atoms with Crippen molar-refractivity contribution in [3.8, 4) is 0 Å². The average molecular weight is 611 g/mol. The molecule has 0 bridgehead atoms. The number of allylic oxidation sites excluding steroid dienone is 1. The van der Waals surface area contributed by atoms with Crippen molar-refractivity contribution in [1.29, 1.82) is 0 Å². The third-order valence-corrected chi connectivity index (χ3v) is 8.29. The minimum atomic E-state index is -1.07. The van der Waals surface area contributed by atoms with Crippen molar-refractivity contribution in [2.75, 3.05) is 13.2 Å². The Labute approximate surface area is 260 Å². The summed E-state index contributed by atoms with van der Waals surface area (Å²) in [5.41, 5.74) is 0. The lowest BCUT2D eigenvalue weighted by atomic mass is 9.89. The normalized spacial score (nSPS) is 21.9. The maximum atomic E-state index is 12.1. The molecule has 4 N–H and O–H groups in total. The van der Waals surface area contributed by atoms with Crippen LogP contribution in [0.1, 0.15) is 136 Å². The van der Waals surface area contributed by atoms with E-state index in [9.17, 15) is 30.0 Å². The molecule has 0 saturated heterocycles. The summed E-state index contributed by atoms with van der Waals surface area (Å²) in [5.74, 6) is -1.33. The van der Waals surface area contributed by atoms with Gasteiger partial charge in [0.2, 0.25) is 0 Å². The SMILES string of the molecule is CCCCCCCCCCCCCC(=O)OC[C@@H](O)COC(=O)C/C=C\C[C@H]1[C@@H](/C=C/[C@H](O)CCCCC)[C@H](O)C[C@@H]1O. The minimum absolute atomic E-state index is 0.00732. The maximum Gasteiger partial charge on any atom is 0.309 e. The molecule has 0 amide bonds. The Morgan fingerprint density at radius 2 is 1.30 bits per heavy atom. The van der Waals surface area contributed by atoms with Crippen molar-refractivity contribution in [3.05, 3.63) is 24.3 Å². The van der Waals surface area contributed by atoms with Crippen LogP contribution in [-0.4, -0.2) is 70.0 Å². The van der Waals surface area contributed by atoms with E-state index in [4.69, 9.17) is 9.47 Å². The van der Waals surface area contributed by atoms with Gasteiger partial charge in [0.15, 0.2) is 0 Å². The van der Waals surface area contributed by atoms with Gasteiger partial charge < -0.3 is 29.9 Å². The maximum absolute atomic E-state index is 12.1. The lowest BCUT2D eigenvalue weighted by Crippen LogP contribution is -2.25. The van der Waals surface area contributed by atoms with Gasteiger partial charge in [0.05, 0.1) is 24.7 Å². The zero-order chi connectivity index (χ0) is 31.7. The van der Waals surface area contributed by atoms with Gasteiger partial charge in [0, 0.05) is 18.8 Å². The van der Waals surface area contributed by atoms with Gasteiger partial charge in [-0.25, -0.2) is 0 Å². The van der Waals surface area contributed by atoms with Crippen LogP contribution in [-0.2, 0) is 19.1 Å². The highest BCUT2D eigenvalue weighted by molar-refractivity contribution is 5.71. The summed E-state index contributed by atoms with van der Waals surface area (Å²) < 4.78 is 10.2. The topological polar surface area (TPSA) is 134 Å². The number of carbonyl (C=O) groups is 2. The van der Waals surface area contributed by atoms with E-state index in [-0.39, 0.29) is 43.9 Å². The van der Waals surface area contributed by atoms with Crippen LogP contribution in [0.2, 0.25) is 0 Å². The standard InChI is InChI=1S/C35H62O8/c1-3-5-7-8-9-10-11-12-13-14-16-21-34(40)42-26-29(37)27-43-35(41)22-18-17-20-30-31(33(39)25-32(30)38)24-23-28(36)19-15-6-4-2/h17-18,23-24,28-33,36-39H,3-16,19-22,25-27H2,1-2H3/b18-17-,24-23+/t28-,29-,30+,31-,32+,33-/m1/s1. The molecular formula is C35H62O8. The molecule has 0 radical (unpaired) electrons. The zero-order valence-corrected chi connectivity index (χ0v) is 27.0. The monoisotopic (exact) mass is 610 g/mol. The summed E-state index contributed by atoms with van der Waals surface area (Å²) >= 11 is 0. The molecule has 0 heterocycles. The van der Waals surface area contributed by atoms with Gasteiger partial charge in [-0.05, 0) is 25.2 Å². The largest absolute Gasteiger partial charge is 0.463 e. The fourth-order valence-corrected chi connectivity index (χ4v) is 5.59. The van der Waals surface area contributed by atoms with Gasteiger partial charge in [-0.15, -0.1) is 0 Å². The second-order valence-corrected chi connectivity index (χ2v) is 12.3. The van der Waals surface area contributed by atoms with E-state index in [1.165, 1.54) is 51.4 Å². The summed E-state index contributed by atoms with van der Waals surface area (Å²) in [6, 6.07) is 0. The summed E-state index contributed by atoms with van der Waals surface area (Å²) in [4.78, 5) is 24.0. The Morgan fingerprint density at radius 3 is 1.93 bits per heavy atom. The van der Waals surface area contributed by atoms with Crippen LogP contribution in [0.4, 0.5) is 0 Å². The molecule has 0 aliphatic heterocycles. The number of aliphatic hydroxyl groups is 4. The number of hydrogen-bond acceptors (Lipinski definition) is 8. The van der Waals surface area contributed by atoms with E-state index in [1.807, 2.05) is 6.08 Å². The van der Waals surface area contributed by atoms with Gasteiger partial charge in [0.25, 0.3) is 0 Å². The molecule has 0 aromatic rings. The highest BCUT2D eigenvalue weighted by Gasteiger charge is 2.39. The zero-order valence-electron chi connectivity index (χ0n) is 27.0. The molecule has 8 nitrogen and oxygen atoms in total. The van der Waals surface area contributed by atoms with Crippen LogP contribution in [0, 0.1) is 11.8 Å². The Hall–Kier alpha value is -1.74. The van der Waals surface area contributed by atoms with Crippen LogP contribution >= 0.6 is 0 Å². The van der Waals surface area contributed by atoms with Crippen LogP contribution in [0.15, 0.2) is 24.3 Å². The number of aliphatic hydroxyl groups excluding tert-OH is 4. The van der Waals surface area contributed by atoms with Crippen LogP contribution in [0.3, 0.4) is 0 Å². The molecular weight excluding hydrogens is 548 g/mol. The first-order valence-corrected chi connectivity index (χ1v) is 17.1. The highest BCUT2D eigenvalue weighted by atomic mass is 16.6. The van der Waals surface area contributed by atoms with E-state index in [2.05, 4.69) is 13.8 Å². The summed E-state index contributed by atoms with van der Waals surface area (Å²) in [6.07, 6.45) is 22.2. The van der Waals surface area contributed by atoms with E-state index < -0.39 is 30.4 Å². The van der Waals surface area contributed by atoms with E-state index in [0.717, 1.165) is 38.5 Å². The van der Waals surface area contributed by atoms with Gasteiger partial charge in [-0.3, -0.25) is 9.59 Å². The van der Waals surface area contributed by atoms with Crippen LogP contribution in [0.25, 0.3) is 0 Å². The first-order chi connectivity index (χ1) is 20.8. The third kappa shape index (κ3) is 20.0. The first-order valence-electron chi connectivity index (χ1n) is 17.1. The second kappa shape index (κ2) is 25.6. The Bertz CT molecular complexity index is 767. The number of unbranched alkanes of at least 4 members (excludes halogenated alkanes) is 12. The van der Waals surface area contributed by atoms with Gasteiger partial charge in [0.1, 0.15) is 19.3 Å². The molecule has 1 aliphatic carbocycles. The third-order valence-electron chi connectivity index (χ3n) is 8.29. The molecule has 8 heteroatoms. The van der Waals surface area contributed by atoms with E-state index >= 15 is 0 Å². The minimum Gasteiger partial charge on any atom is -0.463 e. The van der Waals surface area contributed by atoms with E-state index in [1.54, 1.807) is 18.2 Å². The van der Waals surface area contributed by atoms with Gasteiger partial charge >= 0.3 is 11.9 Å². The van der Waals surface area contributed by atoms with Crippen molar-refractivity contribution in [2.45, 2.75) is 160 Å². The Kier molecular flexibility index (Phi) is 23.4. The lowest BCUT2D eigenvalue weighted by Gasteiger charge is -2.19. The number of carbonyl (C=O) groups excluding carboxylic acids is 2. The molecule has 1 rings (SSSR count). The molecule has 0 aromatic carbocycles. The Balaban J connectivity index is 2.15. The molecule has 6 atom stereocenters. The predicted octanol–water partition coefficient (Wildman–Crippen LogP) is 6.33. The quantitative estimate of drug-likeness (QED) is 0.0508. The summed E-state index contributed by atoms with van der Waals surface area (Å²) in [5, 5.41) is 40.9. The van der Waals surface area contributed by atoms with Crippen LogP contribution < -0.4 is 0 Å². The molecule has 250 valence electrons. The highest BCUT2D eigenvalue weighted by Crippen LogP contribution is 2.36. The smallest absolute Gasteiger partial charge is 0.309 e. The van der Waals surface area contributed by atoms with Crippen molar-refractivity contribution in [2.24, 2.45) is 11.8 Å². The van der Waals surface area contributed by atoms with Crippen molar-refractivity contribution in [1.82, 2.24) is 0 Å². The first kappa shape index (κ1) is 39.3. The lowest BCUT2D eigenvalue weighted by molar-refractivity contribution is -0.151. The van der Waals surface area contributed by atoms with E-state index in [0.29, 0.717) is 19.3 Å². The molecule has 0 spiro atoms. The van der Waals surface area contributed by atoms with Crippen molar-refractivity contribution in [3.63, 3.8) is 0 Å². The number of ether oxygens (including phenoxy) is 2. The van der Waals surface area contributed by atoms with Crippen molar-refractivity contribution < 1.29 is 39.5 Å². The molecule has 0 aromatic heterocycles. The predicted molar refractivity (Wildman–Crippen MR) is 170 cm³/mol. The van der Waals surface area contributed by atoms with Gasteiger partial charge in [-0.2, -0.15) is 0 Å². The molecule has 1 fully saturated rings. The number of hydrogen-bond donors (Lipinski definition) is 4. The molecule has 0 unspecified atom stereocenters. The van der Waals surface area contributed by atoms with Crippen molar-refractivity contribution >= 4 is 11.9 Å². The fraction of sp³-hybridized carbons (Fsp3) is 0.829. The fourth-order valence-electron chi connectivity index (χ4n) is 5.59. The second-order valence-electron chi connectivity index (χ2n) is 12.3. The molecule has 1 saturated carbocycles. The molecule has 1 aliphatic rings. The summed E-state index contributed by atoms with van der Waals surface area (Å²) in [7, 11) is 0.